The van der Waals surface area contributed by atoms with Crippen LogP contribution in [0.15, 0.2) is 24.3 Å². The lowest BCUT2D eigenvalue weighted by Gasteiger charge is -2.54. The molecule has 2 nitrogen and oxygen atoms in total. The molecule has 1 saturated heterocycles. The van der Waals surface area contributed by atoms with Crippen molar-refractivity contribution in [3.8, 4) is 0 Å². The number of hydrogen-bond donors (Lipinski definition) is 0. The molecular formula is C16H21NO. The predicted molar refractivity (Wildman–Crippen MR) is 72.5 cm³/mol. The summed E-state index contributed by atoms with van der Waals surface area (Å²) < 4.78 is 0. The standard InChI is InChI=1S/C16H21NO/c1-11-15-10-13-6-4-5-7-14(13)16(11,3)8-9-17(15)12(2)18/h4-7,11,15H,8-10H2,1-3H3. The number of fused-ring (bicyclic) bond motifs is 4. The molecule has 1 amide bonds. The lowest BCUT2D eigenvalue weighted by molar-refractivity contribution is -0.136. The van der Waals surface area contributed by atoms with Crippen molar-refractivity contribution in [1.29, 1.82) is 0 Å². The summed E-state index contributed by atoms with van der Waals surface area (Å²) in [6.07, 6.45) is 2.10. The summed E-state index contributed by atoms with van der Waals surface area (Å²) in [4.78, 5) is 13.9. The van der Waals surface area contributed by atoms with Gasteiger partial charge in [-0.25, -0.2) is 0 Å². The first-order valence-electron chi connectivity index (χ1n) is 6.89. The Labute approximate surface area is 109 Å². The quantitative estimate of drug-likeness (QED) is 0.686. The Bertz CT molecular complexity index is 496. The first-order chi connectivity index (χ1) is 8.54. The number of carbonyl (C=O) groups excluding carboxylic acids is 1. The molecule has 2 heteroatoms. The maximum absolute atomic E-state index is 11.8. The fourth-order valence-electron chi connectivity index (χ4n) is 3.98. The van der Waals surface area contributed by atoms with Crippen LogP contribution in [0.4, 0.5) is 0 Å². The minimum absolute atomic E-state index is 0.230. The largest absolute Gasteiger partial charge is 0.339 e. The summed E-state index contributed by atoms with van der Waals surface area (Å²) in [6.45, 7) is 7.31. The number of carbonyl (C=O) groups is 1. The molecule has 3 rings (SSSR count). The van der Waals surface area contributed by atoms with Gasteiger partial charge in [-0.3, -0.25) is 4.79 Å². The molecule has 1 aliphatic carbocycles. The molecular weight excluding hydrogens is 222 g/mol. The fraction of sp³-hybridized carbons (Fsp3) is 0.562. The zero-order chi connectivity index (χ0) is 12.9. The van der Waals surface area contributed by atoms with Crippen LogP contribution in [0.25, 0.3) is 0 Å². The molecule has 1 fully saturated rings. The van der Waals surface area contributed by atoms with Gasteiger partial charge in [0.1, 0.15) is 0 Å². The van der Waals surface area contributed by atoms with E-state index in [2.05, 4.69) is 43.0 Å². The van der Waals surface area contributed by atoms with Crippen molar-refractivity contribution in [3.05, 3.63) is 35.4 Å². The molecule has 0 N–H and O–H groups in total. The molecule has 0 saturated carbocycles. The van der Waals surface area contributed by atoms with Crippen molar-refractivity contribution in [3.63, 3.8) is 0 Å². The van der Waals surface area contributed by atoms with E-state index < -0.39 is 0 Å². The van der Waals surface area contributed by atoms with Crippen LogP contribution in [0, 0.1) is 5.92 Å². The van der Waals surface area contributed by atoms with Crippen LogP contribution in [-0.4, -0.2) is 23.4 Å². The molecule has 2 aliphatic rings. The number of benzene rings is 1. The van der Waals surface area contributed by atoms with Crippen LogP contribution in [-0.2, 0) is 16.6 Å². The van der Waals surface area contributed by atoms with Gasteiger partial charge in [-0.05, 0) is 35.3 Å². The summed E-state index contributed by atoms with van der Waals surface area (Å²) >= 11 is 0. The highest BCUT2D eigenvalue weighted by atomic mass is 16.2. The van der Waals surface area contributed by atoms with Gasteiger partial charge in [-0.1, -0.05) is 38.1 Å². The zero-order valence-corrected chi connectivity index (χ0v) is 11.4. The number of amides is 1. The lowest BCUT2D eigenvalue weighted by Crippen LogP contribution is -2.59. The second-order valence-corrected chi connectivity index (χ2v) is 6.10. The van der Waals surface area contributed by atoms with Crippen molar-refractivity contribution in [2.75, 3.05) is 6.54 Å². The van der Waals surface area contributed by atoms with Crippen LogP contribution >= 0.6 is 0 Å². The number of likely N-dealkylation sites (tertiary alicyclic amines) is 1. The minimum Gasteiger partial charge on any atom is -0.339 e. The molecule has 1 aromatic carbocycles. The molecule has 0 aromatic heterocycles. The number of piperidine rings is 1. The van der Waals surface area contributed by atoms with E-state index in [1.165, 1.54) is 11.1 Å². The maximum atomic E-state index is 11.8. The number of rotatable bonds is 0. The summed E-state index contributed by atoms with van der Waals surface area (Å²) in [5.74, 6) is 0.776. The van der Waals surface area contributed by atoms with E-state index in [0.29, 0.717) is 12.0 Å². The van der Waals surface area contributed by atoms with Crippen molar-refractivity contribution < 1.29 is 4.79 Å². The molecule has 0 spiro atoms. The molecule has 1 aliphatic heterocycles. The lowest BCUT2D eigenvalue weighted by atomic mass is 9.59. The minimum atomic E-state index is 0.230. The average molecular weight is 243 g/mol. The Kier molecular flexibility index (Phi) is 2.51. The monoisotopic (exact) mass is 243 g/mol. The Balaban J connectivity index is 2.10. The maximum Gasteiger partial charge on any atom is 0.219 e. The van der Waals surface area contributed by atoms with Gasteiger partial charge in [-0.2, -0.15) is 0 Å². The van der Waals surface area contributed by atoms with Gasteiger partial charge in [0.15, 0.2) is 0 Å². The summed E-state index contributed by atoms with van der Waals surface area (Å²) in [7, 11) is 0. The number of hydrogen-bond acceptors (Lipinski definition) is 1. The molecule has 1 aromatic rings. The van der Waals surface area contributed by atoms with E-state index in [1.807, 2.05) is 0 Å². The van der Waals surface area contributed by atoms with Crippen molar-refractivity contribution in [1.82, 2.24) is 4.90 Å². The number of nitrogens with zero attached hydrogens (tertiary/aromatic N) is 1. The van der Waals surface area contributed by atoms with Gasteiger partial charge >= 0.3 is 0 Å². The summed E-state index contributed by atoms with van der Waals surface area (Å²) in [6, 6.07) is 9.17. The smallest absolute Gasteiger partial charge is 0.219 e. The highest BCUT2D eigenvalue weighted by Gasteiger charge is 2.48. The Morgan fingerprint density at radius 3 is 2.83 bits per heavy atom. The molecule has 3 atom stereocenters. The van der Waals surface area contributed by atoms with Gasteiger partial charge in [0.05, 0.1) is 0 Å². The molecule has 96 valence electrons. The SMILES string of the molecule is CC(=O)N1CCC2(C)c3ccccc3CC1C2C. The average Bonchev–Trinajstić information content (AvgIpc) is 2.33. The highest BCUT2D eigenvalue weighted by Crippen LogP contribution is 2.48. The van der Waals surface area contributed by atoms with Gasteiger partial charge in [0.25, 0.3) is 0 Å². The van der Waals surface area contributed by atoms with Gasteiger partial charge in [-0.15, -0.1) is 0 Å². The second kappa shape index (κ2) is 3.84. The molecule has 0 radical (unpaired) electrons. The summed E-state index contributed by atoms with van der Waals surface area (Å²) in [5, 5.41) is 0. The third-order valence-corrected chi connectivity index (χ3v) is 5.32. The van der Waals surface area contributed by atoms with E-state index >= 15 is 0 Å². The van der Waals surface area contributed by atoms with Crippen molar-refractivity contribution in [2.45, 2.75) is 45.1 Å². The van der Waals surface area contributed by atoms with Gasteiger partial charge < -0.3 is 4.90 Å². The first kappa shape index (κ1) is 11.8. The van der Waals surface area contributed by atoms with Crippen molar-refractivity contribution >= 4 is 5.91 Å². The van der Waals surface area contributed by atoms with E-state index in [4.69, 9.17) is 0 Å². The third-order valence-electron chi connectivity index (χ3n) is 5.32. The Morgan fingerprint density at radius 1 is 1.39 bits per heavy atom. The normalized spacial score (nSPS) is 34.1. The highest BCUT2D eigenvalue weighted by molar-refractivity contribution is 5.74. The fourth-order valence-corrected chi connectivity index (χ4v) is 3.98. The molecule has 1 heterocycles. The third kappa shape index (κ3) is 1.44. The molecule has 18 heavy (non-hydrogen) atoms. The van der Waals surface area contributed by atoms with Crippen LogP contribution < -0.4 is 0 Å². The Morgan fingerprint density at radius 2 is 2.11 bits per heavy atom. The topological polar surface area (TPSA) is 20.3 Å². The van der Waals surface area contributed by atoms with Crippen LogP contribution in [0.2, 0.25) is 0 Å². The first-order valence-corrected chi connectivity index (χ1v) is 6.89. The van der Waals surface area contributed by atoms with Crippen molar-refractivity contribution in [2.24, 2.45) is 5.92 Å². The van der Waals surface area contributed by atoms with Crippen LogP contribution in [0.1, 0.15) is 38.3 Å². The van der Waals surface area contributed by atoms with Gasteiger partial charge in [0, 0.05) is 19.5 Å². The van der Waals surface area contributed by atoms with E-state index in [9.17, 15) is 4.79 Å². The molecule has 3 unspecified atom stereocenters. The zero-order valence-electron chi connectivity index (χ0n) is 11.4. The van der Waals surface area contributed by atoms with E-state index in [-0.39, 0.29) is 11.3 Å². The molecule has 2 bridgehead atoms. The van der Waals surface area contributed by atoms with Crippen LogP contribution in [0.3, 0.4) is 0 Å². The van der Waals surface area contributed by atoms with E-state index in [0.717, 1.165) is 19.4 Å². The van der Waals surface area contributed by atoms with Crippen LogP contribution in [0.5, 0.6) is 0 Å². The Hall–Kier alpha value is -1.31. The van der Waals surface area contributed by atoms with Gasteiger partial charge in [0.2, 0.25) is 5.91 Å². The summed E-state index contributed by atoms with van der Waals surface area (Å²) in [5.41, 5.74) is 3.19. The second-order valence-electron chi connectivity index (χ2n) is 6.10. The predicted octanol–water partition coefficient (Wildman–Crippen LogP) is 2.76. The van der Waals surface area contributed by atoms with E-state index in [1.54, 1.807) is 6.92 Å².